The summed E-state index contributed by atoms with van der Waals surface area (Å²) >= 11 is 0. The van der Waals surface area contributed by atoms with Crippen LogP contribution < -0.4 is 4.74 Å². The number of carbonyl (C=O) groups is 1. The zero-order valence-corrected chi connectivity index (χ0v) is 20.1. The summed E-state index contributed by atoms with van der Waals surface area (Å²) < 4.78 is 6.39. The Morgan fingerprint density at radius 3 is 2.56 bits per heavy atom. The molecule has 0 amide bonds. The molecule has 1 fully saturated rings. The lowest BCUT2D eigenvalue weighted by atomic mass is 9.73. The van der Waals surface area contributed by atoms with Crippen LogP contribution in [0.5, 0.6) is 5.75 Å². The van der Waals surface area contributed by atoms with Crippen LogP contribution in [0.3, 0.4) is 0 Å². The highest BCUT2D eigenvalue weighted by Gasteiger charge is 2.33. The van der Waals surface area contributed by atoms with E-state index in [0.29, 0.717) is 19.4 Å². The number of ether oxygens (including phenoxy) is 1. The Kier molecular flexibility index (Phi) is 8.92. The lowest BCUT2D eigenvalue weighted by Gasteiger charge is -2.33. The molecule has 3 rings (SSSR count). The highest BCUT2D eigenvalue weighted by atomic mass is 16.5. The molecule has 0 radical (unpaired) electrons. The van der Waals surface area contributed by atoms with E-state index in [1.54, 1.807) is 0 Å². The van der Waals surface area contributed by atoms with Crippen molar-refractivity contribution in [2.45, 2.75) is 96.2 Å². The molecule has 2 aromatic carbocycles. The first-order valence-corrected chi connectivity index (χ1v) is 12.4. The van der Waals surface area contributed by atoms with Gasteiger partial charge in [-0.2, -0.15) is 0 Å². The largest absolute Gasteiger partial charge is 0.489 e. The van der Waals surface area contributed by atoms with E-state index >= 15 is 0 Å². The third-order valence-corrected chi connectivity index (χ3v) is 7.14. The monoisotopic (exact) mass is 436 g/mol. The minimum Gasteiger partial charge on any atom is -0.489 e. The van der Waals surface area contributed by atoms with Gasteiger partial charge in [0, 0.05) is 5.92 Å². The lowest BCUT2D eigenvalue weighted by Crippen LogP contribution is -2.28. The van der Waals surface area contributed by atoms with Crippen molar-refractivity contribution < 1.29 is 14.6 Å². The fourth-order valence-electron chi connectivity index (χ4n) is 4.95. The van der Waals surface area contributed by atoms with Crippen molar-refractivity contribution in [2.75, 3.05) is 0 Å². The molecule has 0 saturated heterocycles. The van der Waals surface area contributed by atoms with E-state index in [2.05, 4.69) is 51.1 Å². The van der Waals surface area contributed by atoms with Gasteiger partial charge in [-0.15, -0.1) is 0 Å². The smallest absolute Gasteiger partial charge is 0.123 e. The van der Waals surface area contributed by atoms with E-state index in [1.165, 1.54) is 31.2 Å². The van der Waals surface area contributed by atoms with Crippen LogP contribution in [0.1, 0.15) is 94.7 Å². The lowest BCUT2D eigenvalue weighted by molar-refractivity contribution is -0.113. The Morgan fingerprint density at radius 2 is 1.84 bits per heavy atom. The van der Waals surface area contributed by atoms with E-state index < -0.39 is 0 Å². The minimum absolute atomic E-state index is 0.00346. The van der Waals surface area contributed by atoms with Gasteiger partial charge in [0.2, 0.25) is 0 Å². The molecule has 0 unspecified atom stereocenters. The van der Waals surface area contributed by atoms with Crippen molar-refractivity contribution in [1.82, 2.24) is 0 Å². The predicted molar refractivity (Wildman–Crippen MR) is 131 cm³/mol. The van der Waals surface area contributed by atoms with Gasteiger partial charge in [0.05, 0.1) is 6.10 Å². The first-order chi connectivity index (χ1) is 15.4. The average molecular weight is 437 g/mol. The molecule has 1 N–H and O–H groups in total. The molecule has 0 spiro atoms. The van der Waals surface area contributed by atoms with E-state index in [0.717, 1.165) is 36.0 Å². The molecular weight excluding hydrogens is 396 g/mol. The number of aldehydes is 1. The van der Waals surface area contributed by atoms with Crippen molar-refractivity contribution in [2.24, 2.45) is 5.92 Å². The molecule has 1 aliphatic rings. The molecule has 32 heavy (non-hydrogen) atoms. The number of benzene rings is 2. The van der Waals surface area contributed by atoms with Crippen LogP contribution in [-0.2, 0) is 16.8 Å². The maximum Gasteiger partial charge on any atom is 0.123 e. The van der Waals surface area contributed by atoms with Crippen LogP contribution in [0.2, 0.25) is 0 Å². The van der Waals surface area contributed by atoms with Crippen molar-refractivity contribution >= 4 is 6.29 Å². The Hall–Kier alpha value is -2.13. The van der Waals surface area contributed by atoms with Gasteiger partial charge in [-0.05, 0) is 59.8 Å². The van der Waals surface area contributed by atoms with Crippen molar-refractivity contribution in [1.29, 1.82) is 0 Å². The van der Waals surface area contributed by atoms with Crippen molar-refractivity contribution in [3.63, 3.8) is 0 Å². The summed E-state index contributed by atoms with van der Waals surface area (Å²) in [5.74, 6) is 0.799. The van der Waals surface area contributed by atoms with Gasteiger partial charge >= 0.3 is 0 Å². The van der Waals surface area contributed by atoms with Gasteiger partial charge in [-0.25, -0.2) is 0 Å². The summed E-state index contributed by atoms with van der Waals surface area (Å²) in [5.41, 5.74) is 3.52. The number of hydrogen-bond donors (Lipinski definition) is 1. The second-order valence-corrected chi connectivity index (χ2v) is 10.1. The number of aliphatic hydroxyl groups is 1. The number of rotatable bonds is 11. The molecule has 3 heteroatoms. The Balaban J connectivity index is 1.88. The zero-order valence-electron chi connectivity index (χ0n) is 20.1. The highest BCUT2D eigenvalue weighted by molar-refractivity contribution is 5.58. The second-order valence-electron chi connectivity index (χ2n) is 10.1. The molecular formula is C29H40O3. The molecule has 3 atom stereocenters. The van der Waals surface area contributed by atoms with E-state index in [1.807, 2.05) is 18.2 Å². The Labute approximate surface area is 194 Å². The summed E-state index contributed by atoms with van der Waals surface area (Å²) in [7, 11) is 0. The molecule has 1 aliphatic carbocycles. The zero-order chi connectivity index (χ0) is 23.0. The highest BCUT2D eigenvalue weighted by Crippen LogP contribution is 2.43. The van der Waals surface area contributed by atoms with E-state index in [9.17, 15) is 9.90 Å². The molecule has 3 nitrogen and oxygen atoms in total. The minimum atomic E-state index is -0.354. The normalized spacial score (nSPS) is 21.3. The molecule has 1 saturated carbocycles. The van der Waals surface area contributed by atoms with Gasteiger partial charge in [0.15, 0.2) is 0 Å². The number of carbonyl (C=O) groups excluding carboxylic acids is 1. The fraction of sp³-hybridized carbons (Fsp3) is 0.552. The molecule has 0 aliphatic heterocycles. The van der Waals surface area contributed by atoms with Gasteiger partial charge in [-0.1, -0.05) is 88.9 Å². The first-order valence-electron chi connectivity index (χ1n) is 12.4. The third kappa shape index (κ3) is 6.45. The van der Waals surface area contributed by atoms with Crippen molar-refractivity contribution in [3.05, 3.63) is 65.2 Å². The maximum atomic E-state index is 11.8. The van der Waals surface area contributed by atoms with Gasteiger partial charge < -0.3 is 14.6 Å². The average Bonchev–Trinajstić information content (AvgIpc) is 2.81. The molecule has 2 aromatic rings. The van der Waals surface area contributed by atoms with Crippen molar-refractivity contribution in [3.8, 4) is 5.75 Å². The van der Waals surface area contributed by atoms with Gasteiger partial charge in [-0.3, -0.25) is 0 Å². The van der Waals surface area contributed by atoms with Crippen LogP contribution in [0.15, 0.2) is 48.5 Å². The summed E-state index contributed by atoms with van der Waals surface area (Å²) in [4.78, 5) is 11.8. The van der Waals surface area contributed by atoms with Crippen LogP contribution in [-0.4, -0.2) is 17.5 Å². The van der Waals surface area contributed by atoms with Crippen LogP contribution >= 0.6 is 0 Å². The molecule has 0 heterocycles. The maximum absolute atomic E-state index is 11.8. The quantitative estimate of drug-likeness (QED) is 0.306. The van der Waals surface area contributed by atoms with Crippen LogP contribution in [0.4, 0.5) is 0 Å². The van der Waals surface area contributed by atoms with E-state index in [-0.39, 0.29) is 23.4 Å². The SMILES string of the molecule is CCCCCCC(C)(C)c1ccc([C@@H]2C[C@H](O)CC[C@H]2C=O)c(OCc2ccccc2)c1. The number of hydrogen-bond acceptors (Lipinski definition) is 3. The van der Waals surface area contributed by atoms with Crippen LogP contribution in [0.25, 0.3) is 0 Å². The van der Waals surface area contributed by atoms with Gasteiger partial charge in [0.1, 0.15) is 18.6 Å². The molecule has 0 aromatic heterocycles. The van der Waals surface area contributed by atoms with Gasteiger partial charge in [0.25, 0.3) is 0 Å². The molecule has 0 bridgehead atoms. The fourth-order valence-corrected chi connectivity index (χ4v) is 4.95. The second kappa shape index (κ2) is 11.7. The summed E-state index contributed by atoms with van der Waals surface area (Å²) in [6.07, 6.45) is 8.95. The molecule has 174 valence electrons. The summed E-state index contributed by atoms with van der Waals surface area (Å²) in [6.45, 7) is 7.37. The Bertz CT molecular complexity index is 843. The standard InChI is InChI=1S/C29H40O3/c1-4-5-6-10-17-29(2,3)24-14-16-26(27-19-25(31)15-13-23(27)20-30)28(18-24)32-21-22-11-8-7-9-12-22/h7-9,11-12,14,16,18,20,23,25,27,31H,4-6,10,13,15,17,19,21H2,1-3H3/t23-,25+,27+/m0/s1. The number of unbranched alkanes of at least 4 members (excludes halogenated alkanes) is 3. The topological polar surface area (TPSA) is 46.5 Å². The predicted octanol–water partition coefficient (Wildman–Crippen LogP) is 6.96. The number of aliphatic hydroxyl groups excluding tert-OH is 1. The Morgan fingerprint density at radius 1 is 1.06 bits per heavy atom. The third-order valence-electron chi connectivity index (χ3n) is 7.14. The van der Waals surface area contributed by atoms with E-state index in [4.69, 9.17) is 4.74 Å². The van der Waals surface area contributed by atoms with Crippen LogP contribution in [0, 0.1) is 5.92 Å². The summed E-state index contributed by atoms with van der Waals surface area (Å²) in [5, 5.41) is 10.3. The first kappa shape index (κ1) is 24.5. The summed E-state index contributed by atoms with van der Waals surface area (Å²) in [6, 6.07) is 16.8.